The van der Waals surface area contributed by atoms with Crippen LogP contribution in [0.25, 0.3) is 0 Å². The molecule has 1 aromatic carbocycles. The molecule has 1 aromatic rings. The van der Waals surface area contributed by atoms with E-state index in [0.717, 1.165) is 18.4 Å². The Bertz CT molecular complexity index is 454. The lowest BCUT2D eigenvalue weighted by Gasteiger charge is -2.13. The Balaban J connectivity index is 0.00000200. The third-order valence-corrected chi connectivity index (χ3v) is 3.46. The lowest BCUT2D eigenvalue weighted by molar-refractivity contribution is 0.198. The van der Waals surface area contributed by atoms with E-state index in [4.69, 9.17) is 32.5 Å². The van der Waals surface area contributed by atoms with Gasteiger partial charge >= 0.3 is 7.12 Å². The number of rotatable bonds is 6. The fourth-order valence-electron chi connectivity index (χ4n) is 2.19. The average Bonchev–Trinajstić information content (AvgIpc) is 2.75. The molecule has 0 bridgehead atoms. The molecule has 5 N–H and O–H groups in total. The number of unbranched alkanes of at least 4 members (excludes halogenated alkanes) is 1. The van der Waals surface area contributed by atoms with Gasteiger partial charge in [0.1, 0.15) is 5.75 Å². The van der Waals surface area contributed by atoms with Crippen LogP contribution in [0.4, 0.5) is 0 Å². The molecule has 0 amide bonds. The maximum Gasteiger partial charge on any atom is 0.495 e. The average molecular weight is 357 g/mol. The molecule has 120 valence electrons. The van der Waals surface area contributed by atoms with Gasteiger partial charge in [-0.05, 0) is 31.5 Å². The highest BCUT2D eigenvalue weighted by atomic mass is 35.5. The van der Waals surface area contributed by atoms with Crippen molar-refractivity contribution in [3.63, 3.8) is 0 Å². The smallest absolute Gasteiger partial charge is 0.494 e. The first-order valence-corrected chi connectivity index (χ1v) is 6.75. The standard InChI is InChI=1S/C12H18BClN2O3.2ClH/c14-8-3-4-9(18-6-2-1-5-15)12-11(8)10(7-16)19-13(12)17;;/h3-4,10,17H,1-2,5-7,15-16H2;2*1H. The number of halogens is 3. The van der Waals surface area contributed by atoms with Crippen LogP contribution < -0.4 is 21.7 Å². The monoisotopic (exact) mass is 356 g/mol. The highest BCUT2D eigenvalue weighted by Gasteiger charge is 2.39. The zero-order valence-electron chi connectivity index (χ0n) is 11.5. The second-order valence-electron chi connectivity index (χ2n) is 4.43. The summed E-state index contributed by atoms with van der Waals surface area (Å²) in [4.78, 5) is 0. The van der Waals surface area contributed by atoms with Gasteiger partial charge < -0.3 is 25.9 Å². The number of fused-ring (bicyclic) bond motifs is 1. The summed E-state index contributed by atoms with van der Waals surface area (Å²) >= 11 is 6.15. The first-order valence-electron chi connectivity index (χ1n) is 6.37. The lowest BCUT2D eigenvalue weighted by atomic mass is 9.78. The Morgan fingerprint density at radius 2 is 2.00 bits per heavy atom. The van der Waals surface area contributed by atoms with Gasteiger partial charge in [0.15, 0.2) is 0 Å². The minimum atomic E-state index is -1.04. The van der Waals surface area contributed by atoms with E-state index in [9.17, 15) is 5.02 Å². The second kappa shape index (κ2) is 9.74. The summed E-state index contributed by atoms with van der Waals surface area (Å²) in [5.41, 5.74) is 12.4. The molecule has 21 heavy (non-hydrogen) atoms. The van der Waals surface area contributed by atoms with E-state index < -0.39 is 7.12 Å². The minimum Gasteiger partial charge on any atom is -0.494 e. The molecule has 1 aliphatic rings. The lowest BCUT2D eigenvalue weighted by Crippen LogP contribution is -2.30. The molecular formula is C12H20BCl3N2O3. The largest absolute Gasteiger partial charge is 0.495 e. The predicted molar refractivity (Wildman–Crippen MR) is 90.2 cm³/mol. The molecule has 1 atom stereocenters. The van der Waals surface area contributed by atoms with E-state index in [1.807, 2.05) is 0 Å². The molecule has 1 unspecified atom stereocenters. The third kappa shape index (κ3) is 4.63. The van der Waals surface area contributed by atoms with Gasteiger partial charge in [0.2, 0.25) is 0 Å². The van der Waals surface area contributed by atoms with Crippen LogP contribution in [0.2, 0.25) is 5.02 Å². The normalized spacial score (nSPS) is 16.0. The highest BCUT2D eigenvalue weighted by molar-refractivity contribution is 6.63. The first kappa shape index (κ1) is 20.8. The molecule has 9 heteroatoms. The van der Waals surface area contributed by atoms with Gasteiger partial charge in [-0.2, -0.15) is 0 Å². The number of benzene rings is 1. The number of hydrogen-bond acceptors (Lipinski definition) is 5. The van der Waals surface area contributed by atoms with Crippen molar-refractivity contribution >= 4 is 49.0 Å². The van der Waals surface area contributed by atoms with Gasteiger partial charge in [0.25, 0.3) is 0 Å². The molecule has 0 saturated carbocycles. The number of nitrogens with two attached hydrogens (primary N) is 2. The summed E-state index contributed by atoms with van der Waals surface area (Å²) in [6, 6.07) is 3.48. The van der Waals surface area contributed by atoms with Gasteiger partial charge in [0, 0.05) is 22.6 Å². The van der Waals surface area contributed by atoms with E-state index in [-0.39, 0.29) is 37.5 Å². The van der Waals surface area contributed by atoms with E-state index in [2.05, 4.69) is 0 Å². The Morgan fingerprint density at radius 3 is 2.62 bits per heavy atom. The van der Waals surface area contributed by atoms with Gasteiger partial charge in [0.05, 0.1) is 12.7 Å². The predicted octanol–water partition coefficient (Wildman–Crippen LogP) is 1.02. The zero-order chi connectivity index (χ0) is 13.8. The summed E-state index contributed by atoms with van der Waals surface area (Å²) in [7, 11) is -1.04. The Hall–Kier alpha value is -0.205. The van der Waals surface area contributed by atoms with Crippen molar-refractivity contribution in [2.24, 2.45) is 11.5 Å². The summed E-state index contributed by atoms with van der Waals surface area (Å²) in [5.74, 6) is 0.597. The van der Waals surface area contributed by atoms with E-state index in [0.29, 0.717) is 29.4 Å². The van der Waals surface area contributed by atoms with Crippen molar-refractivity contribution in [2.45, 2.75) is 18.9 Å². The molecule has 1 heterocycles. The van der Waals surface area contributed by atoms with Gasteiger partial charge in [-0.15, -0.1) is 24.8 Å². The maximum absolute atomic E-state index is 9.95. The van der Waals surface area contributed by atoms with Gasteiger partial charge in [-0.25, -0.2) is 0 Å². The van der Waals surface area contributed by atoms with Crippen LogP contribution in [0.15, 0.2) is 12.1 Å². The summed E-state index contributed by atoms with van der Waals surface area (Å²) in [6.45, 7) is 1.45. The Labute approximate surface area is 142 Å². The Kier molecular flexibility index (Phi) is 9.64. The molecule has 0 aromatic heterocycles. The van der Waals surface area contributed by atoms with E-state index >= 15 is 0 Å². The van der Waals surface area contributed by atoms with Crippen molar-refractivity contribution in [3.05, 3.63) is 22.7 Å². The highest BCUT2D eigenvalue weighted by Crippen LogP contribution is 2.32. The molecule has 0 spiro atoms. The van der Waals surface area contributed by atoms with E-state index in [1.165, 1.54) is 0 Å². The van der Waals surface area contributed by atoms with Gasteiger partial charge in [-0.1, -0.05) is 11.6 Å². The molecule has 0 radical (unpaired) electrons. The van der Waals surface area contributed by atoms with Crippen molar-refractivity contribution in [2.75, 3.05) is 19.7 Å². The molecule has 2 rings (SSSR count). The fourth-order valence-corrected chi connectivity index (χ4v) is 2.48. The quantitative estimate of drug-likeness (QED) is 0.522. The topological polar surface area (TPSA) is 90.7 Å². The van der Waals surface area contributed by atoms with Gasteiger partial charge in [-0.3, -0.25) is 0 Å². The molecule has 0 aliphatic carbocycles. The van der Waals surface area contributed by atoms with Crippen LogP contribution >= 0.6 is 36.4 Å². The summed E-state index contributed by atoms with van der Waals surface area (Å²) < 4.78 is 11.1. The van der Waals surface area contributed by atoms with Crippen LogP contribution in [-0.4, -0.2) is 31.8 Å². The first-order chi connectivity index (χ1) is 9.19. The van der Waals surface area contributed by atoms with Crippen LogP contribution in [0, 0.1) is 0 Å². The minimum absolute atomic E-state index is 0. The summed E-state index contributed by atoms with van der Waals surface area (Å²) in [6.07, 6.45) is 1.39. The third-order valence-electron chi connectivity index (χ3n) is 3.13. The van der Waals surface area contributed by atoms with Crippen molar-refractivity contribution in [1.82, 2.24) is 0 Å². The SMILES string of the molecule is Cl.Cl.NCCCCOc1ccc(Cl)c2c1B(O)OC2CN. The van der Waals surface area contributed by atoms with Crippen molar-refractivity contribution < 1.29 is 14.4 Å². The van der Waals surface area contributed by atoms with Crippen LogP contribution in [0.1, 0.15) is 24.5 Å². The van der Waals surface area contributed by atoms with Crippen LogP contribution in [0.3, 0.4) is 0 Å². The summed E-state index contributed by atoms with van der Waals surface area (Å²) in [5, 5.41) is 10.5. The van der Waals surface area contributed by atoms with Crippen molar-refractivity contribution in [1.29, 1.82) is 0 Å². The molecule has 5 nitrogen and oxygen atoms in total. The number of hydrogen-bond donors (Lipinski definition) is 3. The molecular weight excluding hydrogens is 337 g/mol. The molecule has 1 aliphatic heterocycles. The van der Waals surface area contributed by atoms with Crippen LogP contribution in [-0.2, 0) is 4.65 Å². The van der Waals surface area contributed by atoms with Crippen molar-refractivity contribution in [3.8, 4) is 5.75 Å². The van der Waals surface area contributed by atoms with E-state index in [1.54, 1.807) is 12.1 Å². The van der Waals surface area contributed by atoms with Crippen LogP contribution in [0.5, 0.6) is 5.75 Å². The Morgan fingerprint density at radius 1 is 1.29 bits per heavy atom. The zero-order valence-corrected chi connectivity index (χ0v) is 13.8. The second-order valence-corrected chi connectivity index (χ2v) is 4.84. The molecule has 0 saturated heterocycles. The number of ether oxygens (including phenoxy) is 1. The maximum atomic E-state index is 9.95. The molecule has 0 fully saturated rings. The fraction of sp³-hybridized carbons (Fsp3) is 0.500.